The van der Waals surface area contributed by atoms with Crippen molar-refractivity contribution in [3.8, 4) is 6.01 Å². The topological polar surface area (TPSA) is 72.0 Å². The molecule has 0 saturated carbocycles. The van der Waals surface area contributed by atoms with E-state index in [2.05, 4.69) is 25.6 Å². The normalized spacial score (nSPS) is 10.1. The van der Waals surface area contributed by atoms with Gasteiger partial charge in [0.05, 0.1) is 7.11 Å². The molecule has 19 heavy (non-hydrogen) atoms. The van der Waals surface area contributed by atoms with Gasteiger partial charge < -0.3 is 15.4 Å². The first-order chi connectivity index (χ1) is 9.21. The van der Waals surface area contributed by atoms with Gasteiger partial charge in [-0.1, -0.05) is 12.1 Å². The maximum Gasteiger partial charge on any atom is 0.322 e. The molecule has 0 aliphatic rings. The second kappa shape index (κ2) is 5.99. The molecule has 2 aromatic rings. The summed E-state index contributed by atoms with van der Waals surface area (Å²) in [5.41, 5.74) is 2.09. The first-order valence-electron chi connectivity index (χ1n) is 6.09. The van der Waals surface area contributed by atoms with E-state index in [1.54, 1.807) is 0 Å². The first-order valence-corrected chi connectivity index (χ1v) is 6.09. The number of rotatable bonds is 5. The average molecular weight is 259 g/mol. The Morgan fingerprint density at radius 1 is 1.16 bits per heavy atom. The zero-order chi connectivity index (χ0) is 13.7. The molecule has 6 nitrogen and oxygen atoms in total. The van der Waals surface area contributed by atoms with Crippen LogP contribution in [-0.4, -0.2) is 28.6 Å². The summed E-state index contributed by atoms with van der Waals surface area (Å²) in [7, 11) is 1.53. The Labute approximate surface area is 112 Å². The van der Waals surface area contributed by atoms with Crippen molar-refractivity contribution in [2.75, 3.05) is 24.3 Å². The standard InChI is InChI=1S/C13H17N5O/c1-4-14-11-16-12(18-13(17-11)19-3)15-10-7-5-6-9(2)8-10/h5-8H,4H2,1-3H3,(H2,14,15,16,17,18). The summed E-state index contributed by atoms with van der Waals surface area (Å²) in [6.07, 6.45) is 0. The van der Waals surface area contributed by atoms with Gasteiger partial charge >= 0.3 is 6.01 Å². The Hall–Kier alpha value is -2.37. The summed E-state index contributed by atoms with van der Waals surface area (Å²) in [5.74, 6) is 0.943. The number of nitrogens with zero attached hydrogens (tertiary/aromatic N) is 3. The van der Waals surface area contributed by atoms with Gasteiger partial charge in [-0.05, 0) is 31.5 Å². The van der Waals surface area contributed by atoms with Crippen LogP contribution in [-0.2, 0) is 0 Å². The molecule has 0 aliphatic carbocycles. The molecular formula is C13H17N5O. The number of benzene rings is 1. The molecule has 0 unspecified atom stereocenters. The molecule has 0 aliphatic heterocycles. The Morgan fingerprint density at radius 2 is 1.95 bits per heavy atom. The lowest BCUT2D eigenvalue weighted by molar-refractivity contribution is 0.379. The molecule has 2 N–H and O–H groups in total. The molecule has 0 atom stereocenters. The number of aromatic nitrogens is 3. The second-order valence-electron chi connectivity index (χ2n) is 3.99. The van der Waals surface area contributed by atoms with E-state index in [9.17, 15) is 0 Å². The van der Waals surface area contributed by atoms with Crippen molar-refractivity contribution in [1.82, 2.24) is 15.0 Å². The van der Waals surface area contributed by atoms with Crippen molar-refractivity contribution in [3.63, 3.8) is 0 Å². The molecule has 0 radical (unpaired) electrons. The largest absolute Gasteiger partial charge is 0.467 e. The van der Waals surface area contributed by atoms with E-state index in [4.69, 9.17) is 4.74 Å². The Kier molecular flexibility index (Phi) is 4.12. The number of hydrogen-bond donors (Lipinski definition) is 2. The molecule has 0 bridgehead atoms. The fraction of sp³-hybridized carbons (Fsp3) is 0.308. The van der Waals surface area contributed by atoms with Gasteiger partial charge in [0.2, 0.25) is 11.9 Å². The van der Waals surface area contributed by atoms with E-state index in [-0.39, 0.29) is 6.01 Å². The maximum absolute atomic E-state index is 5.06. The lowest BCUT2D eigenvalue weighted by Crippen LogP contribution is -2.07. The Balaban J connectivity index is 2.26. The molecule has 6 heteroatoms. The predicted molar refractivity (Wildman–Crippen MR) is 75.0 cm³/mol. The summed E-state index contributed by atoms with van der Waals surface area (Å²) in [6, 6.07) is 8.25. The third-order valence-electron chi connectivity index (χ3n) is 2.41. The molecule has 0 spiro atoms. The molecule has 1 aromatic heterocycles. The molecule has 1 aromatic carbocycles. The van der Waals surface area contributed by atoms with Crippen LogP contribution in [0.1, 0.15) is 12.5 Å². The Bertz CT molecular complexity index is 558. The molecule has 0 amide bonds. The third kappa shape index (κ3) is 3.54. The van der Waals surface area contributed by atoms with Gasteiger partial charge in [0.25, 0.3) is 0 Å². The lowest BCUT2D eigenvalue weighted by atomic mass is 10.2. The average Bonchev–Trinajstić information content (AvgIpc) is 2.39. The molecule has 0 fully saturated rings. The van der Waals surface area contributed by atoms with Crippen LogP contribution in [0.3, 0.4) is 0 Å². The van der Waals surface area contributed by atoms with Gasteiger partial charge in [0, 0.05) is 12.2 Å². The molecule has 1 heterocycles. The molecule has 0 saturated heterocycles. The van der Waals surface area contributed by atoms with E-state index in [0.717, 1.165) is 17.8 Å². The van der Waals surface area contributed by atoms with Crippen molar-refractivity contribution < 1.29 is 4.74 Å². The van der Waals surface area contributed by atoms with Gasteiger partial charge in [-0.3, -0.25) is 0 Å². The van der Waals surface area contributed by atoms with Gasteiger partial charge in [0.1, 0.15) is 0 Å². The zero-order valence-corrected chi connectivity index (χ0v) is 11.3. The minimum Gasteiger partial charge on any atom is -0.467 e. The summed E-state index contributed by atoms with van der Waals surface area (Å²) >= 11 is 0. The van der Waals surface area contributed by atoms with E-state index < -0.39 is 0 Å². The lowest BCUT2D eigenvalue weighted by Gasteiger charge is -2.08. The van der Waals surface area contributed by atoms with Gasteiger partial charge in [-0.2, -0.15) is 15.0 Å². The number of anilines is 3. The highest BCUT2D eigenvalue weighted by Crippen LogP contribution is 2.17. The number of hydrogen-bond acceptors (Lipinski definition) is 6. The van der Waals surface area contributed by atoms with Crippen LogP contribution in [0.4, 0.5) is 17.6 Å². The SMILES string of the molecule is CCNc1nc(Nc2cccc(C)c2)nc(OC)n1. The van der Waals surface area contributed by atoms with Crippen molar-refractivity contribution in [2.24, 2.45) is 0 Å². The quantitative estimate of drug-likeness (QED) is 0.859. The number of ether oxygens (including phenoxy) is 1. The monoisotopic (exact) mass is 259 g/mol. The predicted octanol–water partition coefficient (Wildman–Crippen LogP) is 2.36. The first kappa shape index (κ1) is 13.1. The van der Waals surface area contributed by atoms with Crippen LogP contribution in [0.25, 0.3) is 0 Å². The van der Waals surface area contributed by atoms with Crippen LogP contribution in [0, 0.1) is 6.92 Å². The third-order valence-corrected chi connectivity index (χ3v) is 2.41. The van der Waals surface area contributed by atoms with Crippen molar-refractivity contribution >= 4 is 17.6 Å². The van der Waals surface area contributed by atoms with Gasteiger partial charge in [-0.15, -0.1) is 0 Å². The van der Waals surface area contributed by atoms with Crippen molar-refractivity contribution in [1.29, 1.82) is 0 Å². The number of nitrogens with one attached hydrogen (secondary N) is 2. The van der Waals surface area contributed by atoms with Crippen LogP contribution in [0.15, 0.2) is 24.3 Å². The highest BCUT2D eigenvalue weighted by atomic mass is 16.5. The van der Waals surface area contributed by atoms with Gasteiger partial charge in [-0.25, -0.2) is 0 Å². The minimum absolute atomic E-state index is 0.279. The molecule has 2 rings (SSSR count). The summed E-state index contributed by atoms with van der Waals surface area (Å²) in [6.45, 7) is 4.74. The second-order valence-corrected chi connectivity index (χ2v) is 3.99. The van der Waals surface area contributed by atoms with Crippen LogP contribution in [0.5, 0.6) is 6.01 Å². The summed E-state index contributed by atoms with van der Waals surface area (Å²) in [5, 5.41) is 6.17. The van der Waals surface area contributed by atoms with E-state index in [1.807, 2.05) is 38.1 Å². The van der Waals surface area contributed by atoms with Gasteiger partial charge in [0.15, 0.2) is 0 Å². The highest BCUT2D eigenvalue weighted by molar-refractivity contribution is 5.55. The summed E-state index contributed by atoms with van der Waals surface area (Å²) < 4.78 is 5.06. The zero-order valence-electron chi connectivity index (χ0n) is 11.3. The fourth-order valence-corrected chi connectivity index (χ4v) is 1.59. The van der Waals surface area contributed by atoms with Crippen molar-refractivity contribution in [2.45, 2.75) is 13.8 Å². The van der Waals surface area contributed by atoms with E-state index in [1.165, 1.54) is 7.11 Å². The molecular weight excluding hydrogens is 242 g/mol. The molecule has 100 valence electrons. The summed E-state index contributed by atoms with van der Waals surface area (Å²) in [4.78, 5) is 12.5. The van der Waals surface area contributed by atoms with Crippen LogP contribution in [0.2, 0.25) is 0 Å². The van der Waals surface area contributed by atoms with E-state index in [0.29, 0.717) is 11.9 Å². The van der Waals surface area contributed by atoms with Crippen LogP contribution >= 0.6 is 0 Å². The Morgan fingerprint density at radius 3 is 2.63 bits per heavy atom. The van der Waals surface area contributed by atoms with Crippen LogP contribution < -0.4 is 15.4 Å². The van der Waals surface area contributed by atoms with Crippen molar-refractivity contribution in [3.05, 3.63) is 29.8 Å². The number of methoxy groups -OCH3 is 1. The minimum atomic E-state index is 0.279. The maximum atomic E-state index is 5.06. The number of aryl methyl sites for hydroxylation is 1. The van der Waals surface area contributed by atoms with E-state index >= 15 is 0 Å². The fourth-order valence-electron chi connectivity index (χ4n) is 1.59. The highest BCUT2D eigenvalue weighted by Gasteiger charge is 2.06. The smallest absolute Gasteiger partial charge is 0.322 e.